The molecule has 0 saturated carbocycles. The average Bonchev–Trinajstić information content (AvgIpc) is 2.34. The van der Waals surface area contributed by atoms with Gasteiger partial charge >= 0.3 is 0 Å². The molecule has 0 amide bonds. The second-order valence-electron chi connectivity index (χ2n) is 2.48. The summed E-state index contributed by atoms with van der Waals surface area (Å²) in [5.41, 5.74) is 3.12. The van der Waals surface area contributed by atoms with Crippen molar-refractivity contribution >= 4 is 12.3 Å². The van der Waals surface area contributed by atoms with E-state index in [0.717, 1.165) is 11.1 Å². The number of aryl methyl sites for hydroxylation is 1. The van der Waals surface area contributed by atoms with Gasteiger partial charge in [-0.2, -0.15) is 0 Å². The van der Waals surface area contributed by atoms with Crippen LogP contribution in [-0.4, -0.2) is 6.21 Å². The van der Waals surface area contributed by atoms with E-state index in [1.54, 1.807) is 6.08 Å². The zero-order chi connectivity index (χ0) is 12.3. The third kappa shape index (κ3) is 5.84. The summed E-state index contributed by atoms with van der Waals surface area (Å²) in [7, 11) is 0. The molecule has 0 aliphatic heterocycles. The molecular formula is C14H23N. The molecule has 0 heterocycles. The van der Waals surface area contributed by atoms with Crippen LogP contribution in [0.15, 0.2) is 24.8 Å². The van der Waals surface area contributed by atoms with Crippen LogP contribution in [-0.2, 0) is 0 Å². The van der Waals surface area contributed by atoms with Gasteiger partial charge in [0.25, 0.3) is 0 Å². The molecule has 0 spiro atoms. The van der Waals surface area contributed by atoms with Crippen molar-refractivity contribution in [3.8, 4) is 0 Å². The fourth-order valence-corrected chi connectivity index (χ4v) is 1.01. The van der Waals surface area contributed by atoms with E-state index >= 15 is 0 Å². The van der Waals surface area contributed by atoms with Gasteiger partial charge in [-0.1, -0.05) is 58.0 Å². The lowest BCUT2D eigenvalue weighted by Crippen LogP contribution is -1.86. The Morgan fingerprint density at radius 3 is 2.00 bits per heavy atom. The van der Waals surface area contributed by atoms with Crippen LogP contribution < -0.4 is 0 Å². The molecule has 0 fully saturated rings. The van der Waals surface area contributed by atoms with Gasteiger partial charge in [0.2, 0.25) is 0 Å². The number of hydrogen-bond acceptors (Lipinski definition) is 1. The van der Waals surface area contributed by atoms with Gasteiger partial charge in [0, 0.05) is 6.21 Å². The summed E-state index contributed by atoms with van der Waals surface area (Å²) >= 11 is 0. The van der Waals surface area contributed by atoms with E-state index in [0.29, 0.717) is 0 Å². The lowest BCUT2D eigenvalue weighted by molar-refractivity contribution is 1.44. The van der Waals surface area contributed by atoms with Gasteiger partial charge < -0.3 is 5.41 Å². The highest BCUT2D eigenvalue weighted by atomic mass is 14.3. The molecule has 0 aliphatic rings. The first-order chi connectivity index (χ1) is 7.27. The minimum Gasteiger partial charge on any atom is -0.308 e. The van der Waals surface area contributed by atoms with Gasteiger partial charge in [-0.05, 0) is 24.1 Å². The molecule has 1 aromatic carbocycles. The molecule has 1 nitrogen and oxygen atoms in total. The normalized spacial score (nSPS) is 7.53. The predicted molar refractivity (Wildman–Crippen MR) is 71.9 cm³/mol. The molecule has 0 bridgehead atoms. The zero-order valence-corrected chi connectivity index (χ0v) is 10.6. The van der Waals surface area contributed by atoms with Crippen molar-refractivity contribution in [3.05, 3.63) is 41.5 Å². The first kappa shape index (κ1) is 16.1. The second-order valence-corrected chi connectivity index (χ2v) is 2.48. The van der Waals surface area contributed by atoms with E-state index in [1.165, 1.54) is 11.8 Å². The maximum absolute atomic E-state index is 7.11. The topological polar surface area (TPSA) is 23.9 Å². The Bertz CT molecular complexity index is 287. The van der Waals surface area contributed by atoms with E-state index in [2.05, 4.69) is 6.58 Å². The predicted octanol–water partition coefficient (Wildman–Crippen LogP) is 4.69. The largest absolute Gasteiger partial charge is 0.308 e. The van der Waals surface area contributed by atoms with Crippen LogP contribution in [0.4, 0.5) is 0 Å². The summed E-state index contributed by atoms with van der Waals surface area (Å²) in [5.74, 6) is 0. The van der Waals surface area contributed by atoms with Crippen LogP contribution >= 0.6 is 0 Å². The molecule has 15 heavy (non-hydrogen) atoms. The van der Waals surface area contributed by atoms with Crippen molar-refractivity contribution in [3.63, 3.8) is 0 Å². The minimum absolute atomic E-state index is 0.931. The van der Waals surface area contributed by atoms with Gasteiger partial charge in [0.05, 0.1) is 0 Å². The highest BCUT2D eigenvalue weighted by Crippen LogP contribution is 2.10. The minimum atomic E-state index is 0.931. The monoisotopic (exact) mass is 205 g/mol. The summed E-state index contributed by atoms with van der Waals surface area (Å²) < 4.78 is 0. The number of benzene rings is 1. The second kappa shape index (κ2) is 10.7. The zero-order valence-electron chi connectivity index (χ0n) is 10.6. The van der Waals surface area contributed by atoms with E-state index in [4.69, 9.17) is 5.41 Å². The Kier molecular flexibility index (Phi) is 11.5. The average molecular weight is 205 g/mol. The summed E-state index contributed by atoms with van der Waals surface area (Å²) in [5, 5.41) is 7.11. The smallest absolute Gasteiger partial charge is 0.0256 e. The molecule has 0 aromatic heterocycles. The molecule has 1 heteroatoms. The van der Waals surface area contributed by atoms with E-state index in [9.17, 15) is 0 Å². The first-order valence-electron chi connectivity index (χ1n) is 5.51. The fraction of sp³-hybridized carbons (Fsp3) is 0.357. The molecule has 1 rings (SSSR count). The van der Waals surface area contributed by atoms with Gasteiger partial charge in [0.15, 0.2) is 0 Å². The third-order valence-corrected chi connectivity index (χ3v) is 1.62. The van der Waals surface area contributed by atoms with E-state index < -0.39 is 0 Å². The van der Waals surface area contributed by atoms with Crippen LogP contribution in [0, 0.1) is 12.3 Å². The molecule has 0 radical (unpaired) electrons. The summed E-state index contributed by atoms with van der Waals surface area (Å²) in [6.45, 7) is 13.7. The Morgan fingerprint density at radius 2 is 1.60 bits per heavy atom. The maximum Gasteiger partial charge on any atom is 0.0256 e. The Morgan fingerprint density at radius 1 is 1.07 bits per heavy atom. The van der Waals surface area contributed by atoms with Gasteiger partial charge in [-0.25, -0.2) is 0 Å². The van der Waals surface area contributed by atoms with Crippen LogP contribution in [0.5, 0.6) is 0 Å². The van der Waals surface area contributed by atoms with E-state index in [1.807, 2.05) is 52.8 Å². The first-order valence-corrected chi connectivity index (χ1v) is 5.51. The Labute approximate surface area is 94.4 Å². The van der Waals surface area contributed by atoms with Crippen molar-refractivity contribution in [1.29, 1.82) is 5.41 Å². The van der Waals surface area contributed by atoms with Crippen LogP contribution in [0.1, 0.15) is 44.4 Å². The van der Waals surface area contributed by atoms with Crippen LogP contribution in [0.2, 0.25) is 0 Å². The summed E-state index contributed by atoms with van der Waals surface area (Å²) in [6, 6.07) is 5.97. The van der Waals surface area contributed by atoms with Crippen LogP contribution in [0.25, 0.3) is 6.08 Å². The lowest BCUT2D eigenvalue weighted by atomic mass is 10.1. The molecule has 0 unspecified atom stereocenters. The standard InChI is InChI=1S/C10H11N.2C2H6/c1-3-9-5-4-8(2)6-10(9)7-11;2*1-2/h3-7,11H,1H2,2H3;2*1-2H3. The Balaban J connectivity index is 0. The van der Waals surface area contributed by atoms with Crippen molar-refractivity contribution in [2.24, 2.45) is 0 Å². The SMILES string of the molecule is C=Cc1ccc(C)cc1C=N.CC.CC. The number of hydrogen-bond donors (Lipinski definition) is 1. The van der Waals surface area contributed by atoms with Crippen molar-refractivity contribution < 1.29 is 0 Å². The molecule has 0 aliphatic carbocycles. The van der Waals surface area contributed by atoms with Gasteiger partial charge in [-0.3, -0.25) is 0 Å². The summed E-state index contributed by atoms with van der Waals surface area (Å²) in [6.07, 6.45) is 3.11. The summed E-state index contributed by atoms with van der Waals surface area (Å²) in [4.78, 5) is 0. The van der Waals surface area contributed by atoms with Crippen molar-refractivity contribution in [2.45, 2.75) is 34.6 Å². The van der Waals surface area contributed by atoms with Gasteiger partial charge in [0.1, 0.15) is 0 Å². The lowest BCUT2D eigenvalue weighted by Gasteiger charge is -1.99. The molecular weight excluding hydrogens is 182 g/mol. The Hall–Kier alpha value is -1.37. The number of nitrogens with one attached hydrogen (secondary N) is 1. The number of rotatable bonds is 2. The quantitative estimate of drug-likeness (QED) is 0.677. The molecule has 1 aromatic rings. The van der Waals surface area contributed by atoms with Gasteiger partial charge in [-0.15, -0.1) is 0 Å². The van der Waals surface area contributed by atoms with E-state index in [-0.39, 0.29) is 0 Å². The molecule has 84 valence electrons. The molecule has 1 N–H and O–H groups in total. The van der Waals surface area contributed by atoms with Crippen LogP contribution in [0.3, 0.4) is 0 Å². The molecule has 0 saturated heterocycles. The maximum atomic E-state index is 7.11. The van der Waals surface area contributed by atoms with Crippen molar-refractivity contribution in [2.75, 3.05) is 0 Å². The highest BCUT2D eigenvalue weighted by molar-refractivity contribution is 5.83. The van der Waals surface area contributed by atoms with Crippen molar-refractivity contribution in [1.82, 2.24) is 0 Å². The third-order valence-electron chi connectivity index (χ3n) is 1.62. The fourth-order valence-electron chi connectivity index (χ4n) is 1.01. The molecule has 0 atom stereocenters. The highest BCUT2D eigenvalue weighted by Gasteiger charge is 1.94.